The summed E-state index contributed by atoms with van der Waals surface area (Å²) in [6, 6.07) is 8.51. The van der Waals surface area contributed by atoms with E-state index in [0.29, 0.717) is 6.10 Å². The summed E-state index contributed by atoms with van der Waals surface area (Å²) in [5.74, 6) is 1.93. The number of rotatable bonds is 0. The van der Waals surface area contributed by atoms with E-state index in [9.17, 15) is 0 Å². The Bertz CT molecular complexity index is 299. The molecule has 0 aromatic heterocycles. The van der Waals surface area contributed by atoms with Crippen molar-refractivity contribution in [1.29, 1.82) is 0 Å². The molecule has 1 aliphatic heterocycles. The summed E-state index contributed by atoms with van der Waals surface area (Å²) in [7, 11) is 0. The van der Waals surface area contributed by atoms with E-state index in [0.717, 1.165) is 11.7 Å². The second-order valence-electron chi connectivity index (χ2n) is 4.51. The Hall–Kier alpha value is -0.980. The van der Waals surface area contributed by atoms with Gasteiger partial charge in [0, 0.05) is 0 Å². The van der Waals surface area contributed by atoms with Crippen molar-refractivity contribution >= 4 is 0 Å². The Balaban J connectivity index is 1.91. The zero-order valence-electron chi connectivity index (χ0n) is 8.41. The molecule has 0 saturated heterocycles. The Kier molecular flexibility index (Phi) is 1.97. The quantitative estimate of drug-likeness (QED) is 0.607. The van der Waals surface area contributed by atoms with Crippen LogP contribution in [-0.2, 0) is 6.42 Å². The number of hydrogen-bond donors (Lipinski definition) is 0. The predicted octanol–water partition coefficient (Wildman–Crippen LogP) is 3.18. The van der Waals surface area contributed by atoms with Gasteiger partial charge in [-0.2, -0.15) is 0 Å². The molecule has 3 rings (SSSR count). The van der Waals surface area contributed by atoms with Gasteiger partial charge in [-0.25, -0.2) is 0 Å². The number of hydrogen-bond acceptors (Lipinski definition) is 1. The largest absolute Gasteiger partial charge is 0.490 e. The van der Waals surface area contributed by atoms with E-state index in [1.807, 2.05) is 0 Å². The molecule has 1 saturated carbocycles. The maximum absolute atomic E-state index is 6.04. The molecule has 1 heterocycles. The summed E-state index contributed by atoms with van der Waals surface area (Å²) in [6.07, 6.45) is 7.12. The summed E-state index contributed by atoms with van der Waals surface area (Å²) in [5, 5.41) is 0. The fourth-order valence-corrected chi connectivity index (χ4v) is 2.80. The normalized spacial score (nSPS) is 30.0. The van der Waals surface area contributed by atoms with E-state index >= 15 is 0 Å². The highest BCUT2D eigenvalue weighted by Crippen LogP contribution is 2.37. The van der Waals surface area contributed by atoms with Gasteiger partial charge in [0.05, 0.1) is 0 Å². The number of para-hydroxylation sites is 1. The summed E-state index contributed by atoms with van der Waals surface area (Å²) < 4.78 is 6.04. The van der Waals surface area contributed by atoms with Crippen LogP contribution in [0.25, 0.3) is 0 Å². The number of ether oxygens (including phenoxy) is 1. The molecule has 0 unspecified atom stereocenters. The number of fused-ring (bicyclic) bond motifs is 2. The Morgan fingerprint density at radius 3 is 2.93 bits per heavy atom. The Morgan fingerprint density at radius 2 is 1.93 bits per heavy atom. The van der Waals surface area contributed by atoms with Crippen molar-refractivity contribution in [2.75, 3.05) is 0 Å². The molecule has 1 heteroatoms. The molecule has 0 N–H and O–H groups in total. The van der Waals surface area contributed by atoms with Crippen LogP contribution in [-0.4, -0.2) is 6.10 Å². The van der Waals surface area contributed by atoms with Gasteiger partial charge in [0.15, 0.2) is 0 Å². The van der Waals surface area contributed by atoms with Crippen molar-refractivity contribution in [3.05, 3.63) is 29.8 Å². The Labute approximate surface area is 85.1 Å². The van der Waals surface area contributed by atoms with Crippen molar-refractivity contribution in [3.63, 3.8) is 0 Å². The van der Waals surface area contributed by atoms with Gasteiger partial charge in [-0.1, -0.05) is 24.6 Å². The van der Waals surface area contributed by atoms with Gasteiger partial charge in [0.1, 0.15) is 11.9 Å². The minimum atomic E-state index is 0.513. The summed E-state index contributed by atoms with van der Waals surface area (Å²) >= 11 is 0. The van der Waals surface area contributed by atoms with Crippen molar-refractivity contribution < 1.29 is 4.74 Å². The Morgan fingerprint density at radius 1 is 1.07 bits per heavy atom. The van der Waals surface area contributed by atoms with E-state index in [4.69, 9.17) is 4.74 Å². The van der Waals surface area contributed by atoms with Crippen LogP contribution in [0.3, 0.4) is 0 Å². The molecular weight excluding hydrogens is 172 g/mol. The van der Waals surface area contributed by atoms with Crippen LogP contribution in [0.15, 0.2) is 24.3 Å². The first kappa shape index (κ1) is 8.34. The van der Waals surface area contributed by atoms with Crippen LogP contribution in [0, 0.1) is 5.92 Å². The van der Waals surface area contributed by atoms with Gasteiger partial charge < -0.3 is 4.74 Å². The highest BCUT2D eigenvalue weighted by Gasteiger charge is 2.31. The molecule has 2 atom stereocenters. The molecule has 1 fully saturated rings. The lowest BCUT2D eigenvalue weighted by atomic mass is 9.80. The highest BCUT2D eigenvalue weighted by molar-refractivity contribution is 5.35. The van der Waals surface area contributed by atoms with Crippen LogP contribution in [0.4, 0.5) is 0 Å². The van der Waals surface area contributed by atoms with E-state index < -0.39 is 0 Å². The van der Waals surface area contributed by atoms with Crippen molar-refractivity contribution in [3.8, 4) is 5.75 Å². The smallest absolute Gasteiger partial charge is 0.122 e. The molecule has 1 aromatic rings. The minimum absolute atomic E-state index is 0.513. The lowest BCUT2D eigenvalue weighted by molar-refractivity contribution is 0.0752. The second kappa shape index (κ2) is 3.30. The first-order valence-corrected chi connectivity index (χ1v) is 5.68. The first-order chi connectivity index (χ1) is 6.93. The van der Waals surface area contributed by atoms with Crippen molar-refractivity contribution in [2.45, 2.75) is 38.2 Å². The minimum Gasteiger partial charge on any atom is -0.490 e. The molecule has 0 spiro atoms. The average Bonchev–Trinajstić information content (AvgIpc) is 2.26. The van der Waals surface area contributed by atoms with E-state index in [2.05, 4.69) is 24.3 Å². The molecule has 1 nitrogen and oxygen atoms in total. The summed E-state index contributed by atoms with van der Waals surface area (Å²) in [6.45, 7) is 0. The molecule has 74 valence electrons. The molecular formula is C13H16O. The second-order valence-corrected chi connectivity index (χ2v) is 4.51. The molecule has 14 heavy (non-hydrogen) atoms. The maximum Gasteiger partial charge on any atom is 0.122 e. The van der Waals surface area contributed by atoms with Crippen LogP contribution in [0.5, 0.6) is 5.75 Å². The third kappa shape index (κ3) is 1.31. The average molecular weight is 188 g/mol. The third-order valence-corrected chi connectivity index (χ3v) is 3.57. The predicted molar refractivity (Wildman–Crippen MR) is 56.5 cm³/mol. The maximum atomic E-state index is 6.04. The van der Waals surface area contributed by atoms with Gasteiger partial charge in [-0.05, 0) is 43.2 Å². The van der Waals surface area contributed by atoms with Crippen LogP contribution >= 0.6 is 0 Å². The fourth-order valence-electron chi connectivity index (χ4n) is 2.80. The topological polar surface area (TPSA) is 9.23 Å². The molecule has 2 aliphatic rings. The van der Waals surface area contributed by atoms with Gasteiger partial charge >= 0.3 is 0 Å². The zero-order valence-corrected chi connectivity index (χ0v) is 8.41. The fraction of sp³-hybridized carbons (Fsp3) is 0.538. The van der Waals surface area contributed by atoms with Crippen LogP contribution in [0.2, 0.25) is 0 Å². The zero-order chi connectivity index (χ0) is 9.38. The molecule has 0 radical (unpaired) electrons. The SMILES string of the molecule is c1ccc2c(c1)C[C@H]1CCCC[C@H]1O2. The summed E-state index contributed by atoms with van der Waals surface area (Å²) in [5.41, 5.74) is 1.41. The van der Waals surface area contributed by atoms with Crippen LogP contribution in [0.1, 0.15) is 31.2 Å². The van der Waals surface area contributed by atoms with Crippen molar-refractivity contribution in [2.24, 2.45) is 5.92 Å². The standard InChI is InChI=1S/C13H16O/c1-3-7-12-10(5-1)9-11-6-2-4-8-13(11)14-12/h1,3,5,7,11,13H,2,4,6,8-9H2/t11-,13-/m1/s1. The van der Waals surface area contributed by atoms with Crippen LogP contribution < -0.4 is 4.74 Å². The third-order valence-electron chi connectivity index (χ3n) is 3.57. The van der Waals surface area contributed by atoms with E-state index in [1.54, 1.807) is 0 Å². The molecule has 0 amide bonds. The van der Waals surface area contributed by atoms with Gasteiger partial charge in [0.25, 0.3) is 0 Å². The van der Waals surface area contributed by atoms with E-state index in [-0.39, 0.29) is 0 Å². The number of benzene rings is 1. The van der Waals surface area contributed by atoms with Gasteiger partial charge in [-0.15, -0.1) is 0 Å². The first-order valence-electron chi connectivity index (χ1n) is 5.68. The summed E-state index contributed by atoms with van der Waals surface area (Å²) in [4.78, 5) is 0. The lowest BCUT2D eigenvalue weighted by Crippen LogP contribution is -2.35. The monoisotopic (exact) mass is 188 g/mol. The van der Waals surface area contributed by atoms with Gasteiger partial charge in [-0.3, -0.25) is 0 Å². The molecule has 0 bridgehead atoms. The molecule has 1 aliphatic carbocycles. The van der Waals surface area contributed by atoms with E-state index in [1.165, 1.54) is 37.7 Å². The lowest BCUT2D eigenvalue weighted by Gasteiger charge is -2.36. The highest BCUT2D eigenvalue weighted by atomic mass is 16.5. The molecule has 1 aromatic carbocycles. The van der Waals surface area contributed by atoms with Gasteiger partial charge in [0.2, 0.25) is 0 Å². The van der Waals surface area contributed by atoms with Crippen molar-refractivity contribution in [1.82, 2.24) is 0 Å².